The van der Waals surface area contributed by atoms with Crippen molar-refractivity contribution in [1.29, 1.82) is 0 Å². The molecule has 0 fully saturated rings. The molecule has 2 unspecified atom stereocenters. The fourth-order valence-electron chi connectivity index (χ4n) is 2.92. The number of carbonyl (C=O) groups is 1. The van der Waals surface area contributed by atoms with Crippen molar-refractivity contribution in [2.75, 3.05) is 6.54 Å². The first-order valence-corrected chi connectivity index (χ1v) is 9.06. The Morgan fingerprint density at radius 2 is 2.21 bits per heavy atom. The van der Waals surface area contributed by atoms with Crippen LogP contribution in [-0.4, -0.2) is 33.4 Å². The Hall–Kier alpha value is -3.06. The summed E-state index contributed by atoms with van der Waals surface area (Å²) in [4.78, 5) is 25.4. The predicted octanol–water partition coefficient (Wildman–Crippen LogP) is 2.47. The SMILES string of the molecule is CC1=CCC(c2cc(C(=O)NCC(C)O)c(=O)n(-c3cccc(F)c3)n2)C=C1. The summed E-state index contributed by atoms with van der Waals surface area (Å²) in [7, 11) is 0. The molecule has 146 valence electrons. The molecule has 1 heterocycles. The summed E-state index contributed by atoms with van der Waals surface area (Å²) in [5, 5.41) is 16.3. The van der Waals surface area contributed by atoms with Crippen molar-refractivity contribution < 1.29 is 14.3 Å². The highest BCUT2D eigenvalue weighted by molar-refractivity contribution is 5.94. The van der Waals surface area contributed by atoms with E-state index in [9.17, 15) is 19.1 Å². The van der Waals surface area contributed by atoms with E-state index in [0.717, 1.165) is 10.3 Å². The first-order valence-electron chi connectivity index (χ1n) is 9.06. The van der Waals surface area contributed by atoms with E-state index in [-0.39, 0.29) is 23.7 Å². The molecule has 2 aromatic rings. The molecule has 1 aliphatic rings. The zero-order chi connectivity index (χ0) is 20.3. The van der Waals surface area contributed by atoms with Crippen LogP contribution in [0.3, 0.4) is 0 Å². The van der Waals surface area contributed by atoms with E-state index in [2.05, 4.69) is 16.5 Å². The van der Waals surface area contributed by atoms with Gasteiger partial charge in [-0.15, -0.1) is 0 Å². The summed E-state index contributed by atoms with van der Waals surface area (Å²) < 4.78 is 14.7. The Morgan fingerprint density at radius 3 is 2.86 bits per heavy atom. The number of carbonyl (C=O) groups excluding carboxylic acids is 1. The monoisotopic (exact) mass is 383 g/mol. The number of allylic oxidation sites excluding steroid dienone is 4. The summed E-state index contributed by atoms with van der Waals surface area (Å²) in [5.74, 6) is -1.22. The highest BCUT2D eigenvalue weighted by Crippen LogP contribution is 2.25. The number of amides is 1. The van der Waals surface area contributed by atoms with Gasteiger partial charge in [-0.25, -0.2) is 4.39 Å². The third-order valence-electron chi connectivity index (χ3n) is 4.45. The number of aliphatic hydroxyl groups is 1. The molecule has 0 aliphatic heterocycles. The molecule has 3 rings (SSSR count). The van der Waals surface area contributed by atoms with E-state index in [1.165, 1.54) is 31.2 Å². The number of hydrogen-bond acceptors (Lipinski definition) is 4. The smallest absolute Gasteiger partial charge is 0.284 e. The van der Waals surface area contributed by atoms with Gasteiger partial charge >= 0.3 is 0 Å². The van der Waals surface area contributed by atoms with Crippen molar-refractivity contribution in [2.24, 2.45) is 0 Å². The molecule has 0 saturated carbocycles. The van der Waals surface area contributed by atoms with Gasteiger partial charge in [-0.2, -0.15) is 9.78 Å². The number of halogens is 1. The van der Waals surface area contributed by atoms with Crippen LogP contribution < -0.4 is 10.9 Å². The average Bonchev–Trinajstić information content (AvgIpc) is 2.67. The Kier molecular flexibility index (Phi) is 5.84. The molecule has 1 aromatic heterocycles. The fraction of sp³-hybridized carbons (Fsp3) is 0.286. The molecular formula is C21H22FN3O3. The van der Waals surface area contributed by atoms with E-state index < -0.39 is 23.4 Å². The van der Waals surface area contributed by atoms with Crippen LogP contribution in [0.5, 0.6) is 0 Å². The maximum absolute atomic E-state index is 13.7. The summed E-state index contributed by atoms with van der Waals surface area (Å²) >= 11 is 0. The van der Waals surface area contributed by atoms with Crippen LogP contribution in [0.25, 0.3) is 5.69 Å². The maximum atomic E-state index is 13.7. The van der Waals surface area contributed by atoms with Gasteiger partial charge in [0.2, 0.25) is 0 Å². The zero-order valence-corrected chi connectivity index (χ0v) is 15.7. The second kappa shape index (κ2) is 8.31. The molecule has 0 spiro atoms. The summed E-state index contributed by atoms with van der Waals surface area (Å²) in [6, 6.07) is 6.96. The van der Waals surface area contributed by atoms with Gasteiger partial charge in [-0.05, 0) is 44.5 Å². The van der Waals surface area contributed by atoms with Gasteiger partial charge in [0.05, 0.1) is 17.5 Å². The second-order valence-corrected chi connectivity index (χ2v) is 6.89. The molecule has 1 aromatic carbocycles. The number of rotatable bonds is 5. The lowest BCUT2D eigenvalue weighted by atomic mass is 9.93. The molecule has 0 bridgehead atoms. The number of nitrogens with zero attached hydrogens (tertiary/aromatic N) is 2. The van der Waals surface area contributed by atoms with Crippen molar-refractivity contribution in [3.05, 3.63) is 81.6 Å². The molecule has 1 aliphatic carbocycles. The Bertz CT molecular complexity index is 1010. The molecular weight excluding hydrogens is 361 g/mol. The zero-order valence-electron chi connectivity index (χ0n) is 15.7. The molecule has 2 atom stereocenters. The molecule has 2 N–H and O–H groups in total. The van der Waals surface area contributed by atoms with Gasteiger partial charge < -0.3 is 10.4 Å². The van der Waals surface area contributed by atoms with E-state index in [0.29, 0.717) is 12.1 Å². The van der Waals surface area contributed by atoms with Crippen LogP contribution in [-0.2, 0) is 0 Å². The molecule has 6 nitrogen and oxygen atoms in total. The number of aliphatic hydroxyl groups excluding tert-OH is 1. The van der Waals surface area contributed by atoms with Crippen LogP contribution in [0.1, 0.15) is 42.2 Å². The fourth-order valence-corrected chi connectivity index (χ4v) is 2.92. The quantitative estimate of drug-likeness (QED) is 0.831. The van der Waals surface area contributed by atoms with Crippen molar-refractivity contribution >= 4 is 5.91 Å². The number of nitrogens with one attached hydrogen (secondary N) is 1. The Labute approximate surface area is 162 Å². The minimum Gasteiger partial charge on any atom is -0.392 e. The highest BCUT2D eigenvalue weighted by Gasteiger charge is 2.21. The number of hydrogen-bond donors (Lipinski definition) is 2. The summed E-state index contributed by atoms with van der Waals surface area (Å²) in [6.45, 7) is 3.54. The highest BCUT2D eigenvalue weighted by atomic mass is 19.1. The van der Waals surface area contributed by atoms with Gasteiger partial charge in [0, 0.05) is 12.5 Å². The molecule has 0 saturated heterocycles. The molecule has 0 radical (unpaired) electrons. The number of benzene rings is 1. The van der Waals surface area contributed by atoms with Gasteiger partial charge in [0.1, 0.15) is 11.4 Å². The van der Waals surface area contributed by atoms with Gasteiger partial charge in [-0.3, -0.25) is 9.59 Å². The average molecular weight is 383 g/mol. The van der Waals surface area contributed by atoms with Crippen molar-refractivity contribution in [1.82, 2.24) is 15.1 Å². The maximum Gasteiger partial charge on any atom is 0.284 e. The van der Waals surface area contributed by atoms with E-state index >= 15 is 0 Å². The largest absolute Gasteiger partial charge is 0.392 e. The topological polar surface area (TPSA) is 84.2 Å². The van der Waals surface area contributed by atoms with Crippen LogP contribution in [0.4, 0.5) is 4.39 Å². The predicted molar refractivity (Wildman–Crippen MR) is 104 cm³/mol. The van der Waals surface area contributed by atoms with Crippen molar-refractivity contribution in [3.8, 4) is 5.69 Å². The van der Waals surface area contributed by atoms with Crippen LogP contribution in [0.15, 0.2) is 58.9 Å². The Balaban J connectivity index is 2.09. The van der Waals surface area contributed by atoms with E-state index in [1.807, 2.05) is 19.1 Å². The van der Waals surface area contributed by atoms with Crippen LogP contribution >= 0.6 is 0 Å². The lowest BCUT2D eigenvalue weighted by Gasteiger charge is -2.17. The normalized spacial score (nSPS) is 17.1. The van der Waals surface area contributed by atoms with Crippen molar-refractivity contribution in [2.45, 2.75) is 32.3 Å². The third kappa shape index (κ3) is 4.43. The third-order valence-corrected chi connectivity index (χ3v) is 4.45. The Morgan fingerprint density at radius 1 is 1.43 bits per heavy atom. The van der Waals surface area contributed by atoms with E-state index in [4.69, 9.17) is 0 Å². The summed E-state index contributed by atoms with van der Waals surface area (Å²) in [6.07, 6.45) is 5.92. The first kappa shape index (κ1) is 19.7. The van der Waals surface area contributed by atoms with Crippen LogP contribution in [0, 0.1) is 5.82 Å². The lowest BCUT2D eigenvalue weighted by molar-refractivity contribution is 0.0921. The van der Waals surface area contributed by atoms with Crippen LogP contribution in [0.2, 0.25) is 0 Å². The second-order valence-electron chi connectivity index (χ2n) is 6.89. The number of aromatic nitrogens is 2. The van der Waals surface area contributed by atoms with E-state index in [1.54, 1.807) is 6.07 Å². The van der Waals surface area contributed by atoms with Gasteiger partial charge in [-0.1, -0.05) is 29.9 Å². The van der Waals surface area contributed by atoms with Gasteiger partial charge in [0.15, 0.2) is 0 Å². The first-order chi connectivity index (χ1) is 13.3. The van der Waals surface area contributed by atoms with Gasteiger partial charge in [0.25, 0.3) is 11.5 Å². The molecule has 1 amide bonds. The molecule has 28 heavy (non-hydrogen) atoms. The minimum absolute atomic E-state index is 0.0150. The minimum atomic E-state index is -0.745. The van der Waals surface area contributed by atoms with Crippen molar-refractivity contribution in [3.63, 3.8) is 0 Å². The molecule has 7 heteroatoms. The summed E-state index contributed by atoms with van der Waals surface area (Å²) in [5.41, 5.74) is 1.15. The standard InChI is InChI=1S/C21H22FN3O3/c1-13-6-8-15(9-7-13)19-11-18(20(27)23-12-14(2)26)21(28)25(24-19)17-5-3-4-16(22)10-17/h3-8,10-11,14-15,26H,9,12H2,1-2H3,(H,23,27). The lowest BCUT2D eigenvalue weighted by Crippen LogP contribution is -2.37.